The van der Waals surface area contributed by atoms with Crippen LogP contribution in [0.1, 0.15) is 59.2 Å². The number of hydrogen-bond donors (Lipinski definition) is 1. The molecule has 1 N–H and O–H groups in total. The van der Waals surface area contributed by atoms with Gasteiger partial charge in [-0.25, -0.2) is 0 Å². The minimum absolute atomic E-state index is 0.0576. The van der Waals surface area contributed by atoms with Crippen LogP contribution in [-0.2, 0) is 11.0 Å². The fourth-order valence-corrected chi connectivity index (χ4v) is 5.56. The minimum Gasteiger partial charge on any atom is -0.493 e. The van der Waals surface area contributed by atoms with Crippen molar-refractivity contribution in [3.8, 4) is 5.75 Å². The first-order chi connectivity index (χ1) is 18.4. The van der Waals surface area contributed by atoms with E-state index in [4.69, 9.17) is 16.3 Å². The van der Waals surface area contributed by atoms with Crippen molar-refractivity contribution < 1.29 is 32.6 Å². The second kappa shape index (κ2) is 11.8. The van der Waals surface area contributed by atoms with Crippen LogP contribution >= 0.6 is 11.6 Å². The molecule has 2 amide bonds. The van der Waals surface area contributed by atoms with Crippen molar-refractivity contribution in [1.82, 2.24) is 9.80 Å². The Morgan fingerprint density at radius 3 is 2.26 bits per heavy atom. The molecule has 1 atom stereocenters. The van der Waals surface area contributed by atoms with Crippen molar-refractivity contribution in [3.05, 3.63) is 63.7 Å². The van der Waals surface area contributed by atoms with Gasteiger partial charge in [0.1, 0.15) is 5.75 Å². The predicted molar refractivity (Wildman–Crippen MR) is 142 cm³/mol. The molecule has 2 aliphatic rings. The maximum absolute atomic E-state index is 13.4. The molecular formula is C29H34ClF3N2O4. The second-order valence-corrected chi connectivity index (χ2v) is 11.2. The quantitative estimate of drug-likeness (QED) is 0.490. The van der Waals surface area contributed by atoms with Crippen LogP contribution < -0.4 is 4.74 Å². The molecule has 39 heavy (non-hydrogen) atoms. The summed E-state index contributed by atoms with van der Waals surface area (Å²) in [4.78, 5) is 30.1. The Hall–Kier alpha value is -2.78. The van der Waals surface area contributed by atoms with Gasteiger partial charge >= 0.3 is 6.18 Å². The van der Waals surface area contributed by atoms with E-state index < -0.39 is 23.3 Å². The number of aryl methyl sites for hydroxylation is 2. The normalized spacial score (nSPS) is 20.7. The maximum atomic E-state index is 13.4. The van der Waals surface area contributed by atoms with Gasteiger partial charge in [-0.05, 0) is 87.1 Å². The first kappa shape index (κ1) is 29.2. The number of piperidine rings is 2. The van der Waals surface area contributed by atoms with E-state index in [9.17, 15) is 27.9 Å². The van der Waals surface area contributed by atoms with Gasteiger partial charge in [-0.2, -0.15) is 13.2 Å². The van der Waals surface area contributed by atoms with Gasteiger partial charge in [0.15, 0.2) is 0 Å². The number of aliphatic hydroxyl groups is 1. The summed E-state index contributed by atoms with van der Waals surface area (Å²) in [5.74, 6) is 0.186. The average Bonchev–Trinajstić information content (AvgIpc) is 2.90. The second-order valence-electron chi connectivity index (χ2n) is 10.9. The van der Waals surface area contributed by atoms with E-state index in [1.54, 1.807) is 9.80 Å². The summed E-state index contributed by atoms with van der Waals surface area (Å²) < 4.78 is 45.2. The fourth-order valence-electron chi connectivity index (χ4n) is 5.45. The molecule has 0 aliphatic carbocycles. The highest BCUT2D eigenvalue weighted by Crippen LogP contribution is 2.37. The molecule has 6 nitrogen and oxygen atoms in total. The molecule has 2 heterocycles. The van der Waals surface area contributed by atoms with E-state index in [1.807, 2.05) is 26.0 Å². The molecule has 10 heteroatoms. The molecule has 4 rings (SSSR count). The number of rotatable bonds is 6. The molecule has 0 spiro atoms. The zero-order chi connectivity index (χ0) is 28.4. The SMILES string of the molecule is Cc1cc(OC[C@]2(CC(=O)N3CCC(O)CC3)CCCN(C(=O)c3ccc(C(F)(F)F)cc3)C2)cc(C)c1Cl. The van der Waals surface area contributed by atoms with E-state index in [0.717, 1.165) is 23.3 Å². The Morgan fingerprint density at radius 2 is 1.67 bits per heavy atom. The summed E-state index contributed by atoms with van der Waals surface area (Å²) in [6.07, 6.45) is -2.41. The lowest BCUT2D eigenvalue weighted by Crippen LogP contribution is -2.51. The lowest BCUT2D eigenvalue weighted by Gasteiger charge is -2.43. The first-order valence-corrected chi connectivity index (χ1v) is 13.6. The van der Waals surface area contributed by atoms with Crippen molar-refractivity contribution in [3.63, 3.8) is 0 Å². The number of benzene rings is 2. The monoisotopic (exact) mass is 566 g/mol. The third kappa shape index (κ3) is 7.06. The lowest BCUT2D eigenvalue weighted by molar-refractivity contribution is -0.138. The first-order valence-electron chi connectivity index (χ1n) is 13.2. The van der Waals surface area contributed by atoms with Crippen molar-refractivity contribution in [1.29, 1.82) is 0 Å². The number of halogens is 4. The van der Waals surface area contributed by atoms with E-state index >= 15 is 0 Å². The Labute approximate surface area is 231 Å². The van der Waals surface area contributed by atoms with Crippen LogP contribution in [0.25, 0.3) is 0 Å². The number of alkyl halides is 3. The van der Waals surface area contributed by atoms with Gasteiger partial charge in [0.25, 0.3) is 5.91 Å². The highest BCUT2D eigenvalue weighted by atomic mass is 35.5. The number of carbonyl (C=O) groups excluding carboxylic acids is 2. The lowest BCUT2D eigenvalue weighted by atomic mass is 9.77. The van der Waals surface area contributed by atoms with Crippen LogP contribution in [0.5, 0.6) is 5.75 Å². The topological polar surface area (TPSA) is 70.1 Å². The molecule has 0 aromatic heterocycles. The number of aliphatic hydroxyl groups excluding tert-OH is 1. The van der Waals surface area contributed by atoms with Gasteiger partial charge < -0.3 is 19.6 Å². The Morgan fingerprint density at radius 1 is 1.05 bits per heavy atom. The van der Waals surface area contributed by atoms with Crippen molar-refractivity contribution >= 4 is 23.4 Å². The van der Waals surface area contributed by atoms with Crippen molar-refractivity contribution in [2.75, 3.05) is 32.8 Å². The molecule has 2 aromatic rings. The zero-order valence-electron chi connectivity index (χ0n) is 22.2. The van der Waals surface area contributed by atoms with Gasteiger partial charge in [-0.15, -0.1) is 0 Å². The number of amides is 2. The number of hydrogen-bond acceptors (Lipinski definition) is 4. The third-order valence-electron chi connectivity index (χ3n) is 7.71. The standard InChI is InChI=1S/C29H34ClF3N2O4/c1-19-14-24(15-20(2)26(19)30)39-18-28(16-25(37)34-12-8-23(36)9-13-34)10-3-11-35(17-28)27(38)21-4-6-22(7-5-21)29(31,32)33/h4-7,14-15,23,36H,3,8-13,16-18H2,1-2H3/t28-/m0/s1. The highest BCUT2D eigenvalue weighted by molar-refractivity contribution is 6.32. The number of nitrogens with zero attached hydrogens (tertiary/aromatic N) is 2. The van der Waals surface area contributed by atoms with Crippen LogP contribution in [0.2, 0.25) is 5.02 Å². The molecule has 0 radical (unpaired) electrons. The van der Waals surface area contributed by atoms with E-state index in [1.165, 1.54) is 12.1 Å². The van der Waals surface area contributed by atoms with Gasteiger partial charge in [0.2, 0.25) is 5.91 Å². The Kier molecular flexibility index (Phi) is 8.81. The van der Waals surface area contributed by atoms with Gasteiger partial charge in [0, 0.05) is 48.6 Å². The molecule has 2 fully saturated rings. The number of likely N-dealkylation sites (tertiary alicyclic amines) is 2. The molecule has 2 saturated heterocycles. The Balaban J connectivity index is 1.55. The molecule has 212 valence electrons. The summed E-state index contributed by atoms with van der Waals surface area (Å²) in [5, 5.41) is 10.5. The molecule has 0 bridgehead atoms. The maximum Gasteiger partial charge on any atom is 0.416 e. The van der Waals surface area contributed by atoms with Crippen LogP contribution in [0.4, 0.5) is 13.2 Å². The average molecular weight is 567 g/mol. The zero-order valence-corrected chi connectivity index (χ0v) is 22.9. The van der Waals surface area contributed by atoms with Crippen LogP contribution in [-0.4, -0.2) is 65.6 Å². The van der Waals surface area contributed by atoms with Crippen LogP contribution in [0.3, 0.4) is 0 Å². The van der Waals surface area contributed by atoms with E-state index in [2.05, 4.69) is 0 Å². The highest BCUT2D eigenvalue weighted by Gasteiger charge is 2.41. The smallest absolute Gasteiger partial charge is 0.416 e. The summed E-state index contributed by atoms with van der Waals surface area (Å²) >= 11 is 6.31. The largest absolute Gasteiger partial charge is 0.493 e. The van der Waals surface area contributed by atoms with Crippen LogP contribution in [0, 0.1) is 19.3 Å². The Bertz CT molecular complexity index is 1170. The predicted octanol–water partition coefficient (Wildman–Crippen LogP) is 5.65. The van der Waals surface area contributed by atoms with Crippen molar-refractivity contribution in [2.24, 2.45) is 5.41 Å². The van der Waals surface area contributed by atoms with Gasteiger partial charge in [0.05, 0.1) is 18.3 Å². The van der Waals surface area contributed by atoms with E-state index in [-0.39, 0.29) is 37.0 Å². The van der Waals surface area contributed by atoms with Crippen LogP contribution in [0.15, 0.2) is 36.4 Å². The molecule has 2 aromatic carbocycles. The fraction of sp³-hybridized carbons (Fsp3) is 0.517. The summed E-state index contributed by atoms with van der Waals surface area (Å²) in [5.41, 5.74) is 0.401. The van der Waals surface area contributed by atoms with Crippen molar-refractivity contribution in [2.45, 2.75) is 58.2 Å². The third-order valence-corrected chi connectivity index (χ3v) is 8.30. The molecule has 0 unspecified atom stereocenters. The van der Waals surface area contributed by atoms with Gasteiger partial charge in [-0.1, -0.05) is 11.6 Å². The summed E-state index contributed by atoms with van der Waals surface area (Å²) in [7, 11) is 0. The summed E-state index contributed by atoms with van der Waals surface area (Å²) in [6.45, 7) is 5.58. The van der Waals surface area contributed by atoms with E-state index in [0.29, 0.717) is 56.1 Å². The number of ether oxygens (including phenoxy) is 1. The molecule has 2 aliphatic heterocycles. The molecule has 0 saturated carbocycles. The number of carbonyl (C=O) groups is 2. The summed E-state index contributed by atoms with van der Waals surface area (Å²) in [6, 6.07) is 7.89. The van der Waals surface area contributed by atoms with Gasteiger partial charge in [-0.3, -0.25) is 9.59 Å². The minimum atomic E-state index is -4.48. The molecular weight excluding hydrogens is 533 g/mol.